The molecule has 4 heteroatoms. The molecule has 1 aliphatic carbocycles. The zero-order chi connectivity index (χ0) is 11.8. The van der Waals surface area contributed by atoms with E-state index < -0.39 is 0 Å². The van der Waals surface area contributed by atoms with Gasteiger partial charge in [-0.1, -0.05) is 12.2 Å². The molecule has 2 heterocycles. The van der Waals surface area contributed by atoms with Crippen LogP contribution >= 0.6 is 12.2 Å². The molecule has 0 saturated heterocycles. The predicted octanol–water partition coefficient (Wildman–Crippen LogP) is 3.68. The zero-order valence-corrected chi connectivity index (χ0v) is 10.6. The van der Waals surface area contributed by atoms with E-state index in [0.717, 1.165) is 35.2 Å². The lowest BCUT2D eigenvalue weighted by molar-refractivity contribution is 0.465. The van der Waals surface area contributed by atoms with Crippen molar-refractivity contribution in [1.29, 1.82) is 0 Å². The summed E-state index contributed by atoms with van der Waals surface area (Å²) in [7, 11) is 0. The van der Waals surface area contributed by atoms with Crippen molar-refractivity contribution < 1.29 is 0 Å². The van der Waals surface area contributed by atoms with E-state index in [-0.39, 0.29) is 0 Å². The molecule has 17 heavy (non-hydrogen) atoms. The van der Waals surface area contributed by atoms with Gasteiger partial charge in [0.1, 0.15) is 0 Å². The molecular formula is C13H15N3S. The Bertz CT molecular complexity index is 636. The van der Waals surface area contributed by atoms with Crippen LogP contribution in [0.4, 0.5) is 0 Å². The van der Waals surface area contributed by atoms with Crippen LogP contribution in [0.15, 0.2) is 24.4 Å². The van der Waals surface area contributed by atoms with Crippen molar-refractivity contribution in [3.05, 3.63) is 34.7 Å². The van der Waals surface area contributed by atoms with E-state index >= 15 is 0 Å². The van der Waals surface area contributed by atoms with Crippen LogP contribution in [0.25, 0.3) is 11.2 Å². The maximum Gasteiger partial charge on any atom is 0.179 e. The molecule has 2 aromatic rings. The summed E-state index contributed by atoms with van der Waals surface area (Å²) in [5.74, 6) is 0. The van der Waals surface area contributed by atoms with Gasteiger partial charge in [-0.3, -0.25) is 4.57 Å². The van der Waals surface area contributed by atoms with Crippen LogP contribution in [0.2, 0.25) is 0 Å². The minimum Gasteiger partial charge on any atom is -0.329 e. The van der Waals surface area contributed by atoms with Crippen molar-refractivity contribution in [2.24, 2.45) is 0 Å². The summed E-state index contributed by atoms with van der Waals surface area (Å²) in [6.45, 7) is 2.08. The fourth-order valence-corrected chi connectivity index (χ4v) is 2.83. The van der Waals surface area contributed by atoms with Gasteiger partial charge in [0.05, 0.1) is 5.52 Å². The molecule has 0 aromatic carbocycles. The molecule has 0 fully saturated rings. The summed E-state index contributed by atoms with van der Waals surface area (Å²) in [4.78, 5) is 7.76. The number of aryl methyl sites for hydroxylation is 1. The number of pyridine rings is 1. The van der Waals surface area contributed by atoms with Crippen molar-refractivity contribution in [1.82, 2.24) is 14.5 Å². The molecule has 2 aromatic heterocycles. The summed E-state index contributed by atoms with van der Waals surface area (Å²) in [5.41, 5.74) is 3.27. The van der Waals surface area contributed by atoms with Gasteiger partial charge >= 0.3 is 0 Å². The van der Waals surface area contributed by atoms with E-state index in [4.69, 9.17) is 12.2 Å². The molecule has 0 spiro atoms. The first-order valence-electron chi connectivity index (χ1n) is 5.98. The standard InChI is InChI=1S/C13H15N3S/c1-9-7-8-14-12-11(9)15-13(17)16(12)10-5-3-2-4-6-10/h2-3,7-8,10H,4-6H2,1H3,(H,15,17). The summed E-state index contributed by atoms with van der Waals surface area (Å²) < 4.78 is 2.98. The van der Waals surface area contributed by atoms with Gasteiger partial charge in [-0.2, -0.15) is 0 Å². The highest BCUT2D eigenvalue weighted by atomic mass is 32.1. The maximum absolute atomic E-state index is 5.44. The number of imidazole rings is 1. The molecule has 0 amide bonds. The maximum atomic E-state index is 5.44. The summed E-state index contributed by atoms with van der Waals surface area (Å²) in [6.07, 6.45) is 9.67. The lowest BCUT2D eigenvalue weighted by Crippen LogP contribution is -2.11. The Balaban J connectivity index is 2.22. The number of fused-ring (bicyclic) bond motifs is 1. The van der Waals surface area contributed by atoms with E-state index in [1.54, 1.807) is 0 Å². The van der Waals surface area contributed by atoms with Crippen molar-refractivity contribution >= 4 is 23.4 Å². The second-order valence-electron chi connectivity index (χ2n) is 4.56. The number of rotatable bonds is 1. The van der Waals surface area contributed by atoms with Crippen molar-refractivity contribution in [2.45, 2.75) is 32.2 Å². The Hall–Kier alpha value is -1.42. The Kier molecular flexibility index (Phi) is 2.59. The van der Waals surface area contributed by atoms with Crippen molar-refractivity contribution in [2.75, 3.05) is 0 Å². The minimum absolute atomic E-state index is 0.454. The number of aromatic nitrogens is 3. The number of nitrogens with zero attached hydrogens (tertiary/aromatic N) is 2. The third-order valence-electron chi connectivity index (χ3n) is 3.42. The largest absolute Gasteiger partial charge is 0.329 e. The summed E-state index contributed by atoms with van der Waals surface area (Å²) in [6, 6.07) is 2.47. The first-order chi connectivity index (χ1) is 8.27. The Morgan fingerprint density at radius 2 is 2.35 bits per heavy atom. The van der Waals surface area contributed by atoms with Gasteiger partial charge < -0.3 is 4.98 Å². The van der Waals surface area contributed by atoms with Gasteiger partial charge in [0.2, 0.25) is 0 Å². The minimum atomic E-state index is 0.454. The van der Waals surface area contributed by atoms with Crippen LogP contribution in [-0.2, 0) is 0 Å². The van der Waals surface area contributed by atoms with E-state index in [2.05, 4.69) is 33.6 Å². The molecule has 3 rings (SSSR count). The fraction of sp³-hybridized carbons (Fsp3) is 0.385. The smallest absolute Gasteiger partial charge is 0.179 e. The normalized spacial score (nSPS) is 19.9. The molecule has 1 unspecified atom stereocenters. The lowest BCUT2D eigenvalue weighted by atomic mass is 10.0. The topological polar surface area (TPSA) is 33.6 Å². The number of aromatic amines is 1. The average Bonchev–Trinajstić information content (AvgIpc) is 2.68. The number of hydrogen-bond acceptors (Lipinski definition) is 2. The second-order valence-corrected chi connectivity index (χ2v) is 4.95. The molecule has 0 bridgehead atoms. The molecule has 1 atom stereocenters. The van der Waals surface area contributed by atoms with Crippen LogP contribution in [-0.4, -0.2) is 14.5 Å². The highest BCUT2D eigenvalue weighted by Gasteiger charge is 2.17. The highest BCUT2D eigenvalue weighted by molar-refractivity contribution is 7.71. The predicted molar refractivity (Wildman–Crippen MR) is 71.7 cm³/mol. The Morgan fingerprint density at radius 1 is 1.47 bits per heavy atom. The number of H-pyrrole nitrogens is 1. The highest BCUT2D eigenvalue weighted by Crippen LogP contribution is 2.28. The van der Waals surface area contributed by atoms with E-state index in [0.29, 0.717) is 6.04 Å². The molecule has 1 N–H and O–H groups in total. The van der Waals surface area contributed by atoms with Gasteiger partial charge in [0, 0.05) is 12.2 Å². The van der Waals surface area contributed by atoms with Crippen LogP contribution in [0.3, 0.4) is 0 Å². The quantitative estimate of drug-likeness (QED) is 0.614. The SMILES string of the molecule is Cc1ccnc2c1[nH]c(=S)n2C1CC=CCC1. The third kappa shape index (κ3) is 1.72. The molecule has 0 aliphatic heterocycles. The molecule has 1 aliphatic rings. The first kappa shape index (κ1) is 10.7. The second kappa shape index (κ2) is 4.11. The fourth-order valence-electron chi connectivity index (χ4n) is 2.50. The monoisotopic (exact) mass is 245 g/mol. The number of allylic oxidation sites excluding steroid dienone is 2. The lowest BCUT2D eigenvalue weighted by Gasteiger charge is -2.19. The summed E-state index contributed by atoms with van der Waals surface area (Å²) in [5, 5.41) is 0. The van der Waals surface area contributed by atoms with Gasteiger partial charge in [-0.05, 0) is 50.0 Å². The van der Waals surface area contributed by atoms with Crippen LogP contribution in [0.1, 0.15) is 30.9 Å². The molecule has 0 saturated carbocycles. The molecule has 3 nitrogen and oxygen atoms in total. The Labute approximate surface area is 105 Å². The van der Waals surface area contributed by atoms with Gasteiger partial charge in [-0.15, -0.1) is 0 Å². The van der Waals surface area contributed by atoms with Crippen LogP contribution in [0.5, 0.6) is 0 Å². The van der Waals surface area contributed by atoms with Crippen molar-refractivity contribution in [3.8, 4) is 0 Å². The van der Waals surface area contributed by atoms with E-state index in [1.165, 1.54) is 5.56 Å². The van der Waals surface area contributed by atoms with Crippen molar-refractivity contribution in [3.63, 3.8) is 0 Å². The number of nitrogens with one attached hydrogen (secondary N) is 1. The average molecular weight is 245 g/mol. The number of hydrogen-bond donors (Lipinski definition) is 1. The van der Waals surface area contributed by atoms with Crippen LogP contribution < -0.4 is 0 Å². The zero-order valence-electron chi connectivity index (χ0n) is 9.81. The van der Waals surface area contributed by atoms with Gasteiger partial charge in [-0.25, -0.2) is 4.98 Å². The molecule has 0 radical (unpaired) electrons. The molecular weight excluding hydrogens is 230 g/mol. The van der Waals surface area contributed by atoms with Crippen LogP contribution in [0, 0.1) is 11.7 Å². The Morgan fingerprint density at radius 3 is 3.12 bits per heavy atom. The first-order valence-corrected chi connectivity index (χ1v) is 6.39. The van der Waals surface area contributed by atoms with E-state index in [9.17, 15) is 0 Å². The van der Waals surface area contributed by atoms with E-state index in [1.807, 2.05) is 12.3 Å². The summed E-state index contributed by atoms with van der Waals surface area (Å²) >= 11 is 5.44. The van der Waals surface area contributed by atoms with Gasteiger partial charge in [0.15, 0.2) is 10.4 Å². The third-order valence-corrected chi connectivity index (χ3v) is 3.72. The van der Waals surface area contributed by atoms with Gasteiger partial charge in [0.25, 0.3) is 0 Å². The molecule has 88 valence electrons.